The van der Waals surface area contributed by atoms with Crippen molar-refractivity contribution in [2.75, 3.05) is 27.3 Å². The predicted molar refractivity (Wildman–Crippen MR) is 75.1 cm³/mol. The van der Waals surface area contributed by atoms with Crippen molar-refractivity contribution in [3.05, 3.63) is 30.0 Å². The van der Waals surface area contributed by atoms with Gasteiger partial charge in [-0.1, -0.05) is 0 Å². The number of rotatable bonds is 3. The van der Waals surface area contributed by atoms with E-state index in [9.17, 15) is 0 Å². The molecule has 3 rings (SSSR count). The van der Waals surface area contributed by atoms with E-state index in [1.54, 1.807) is 14.2 Å². The Morgan fingerprint density at radius 1 is 1.21 bits per heavy atom. The average molecular weight is 258 g/mol. The van der Waals surface area contributed by atoms with Gasteiger partial charge in [0.25, 0.3) is 0 Å². The van der Waals surface area contributed by atoms with Crippen LogP contribution in [0.25, 0.3) is 10.9 Å². The highest BCUT2D eigenvalue weighted by Crippen LogP contribution is 2.35. The van der Waals surface area contributed by atoms with Gasteiger partial charge in [-0.05, 0) is 36.6 Å². The molecule has 0 radical (unpaired) electrons. The number of hydrogen-bond acceptors (Lipinski definition) is 4. The number of ether oxygens (including phenoxy) is 2. The third-order valence-corrected chi connectivity index (χ3v) is 3.78. The number of nitrogens with zero attached hydrogens (tertiary/aromatic N) is 1. The second-order valence-corrected chi connectivity index (χ2v) is 4.81. The standard InChI is InChI=1S/C15H18N2O2/c1-18-14-7-12-11(10-3-5-16-9-10)4-6-17-13(12)8-15(14)19-2/h4,6-8,10,16H,3,5,9H2,1-2H3. The molecule has 0 saturated carbocycles. The molecule has 1 aromatic carbocycles. The van der Waals surface area contributed by atoms with Gasteiger partial charge in [0, 0.05) is 24.2 Å². The van der Waals surface area contributed by atoms with Crippen molar-refractivity contribution >= 4 is 10.9 Å². The zero-order valence-corrected chi connectivity index (χ0v) is 11.3. The van der Waals surface area contributed by atoms with Crippen LogP contribution in [0.5, 0.6) is 11.5 Å². The Bertz CT molecular complexity index is 592. The number of pyridine rings is 1. The first-order valence-corrected chi connectivity index (χ1v) is 6.55. The Labute approximate surface area is 112 Å². The summed E-state index contributed by atoms with van der Waals surface area (Å²) in [5, 5.41) is 4.57. The fourth-order valence-corrected chi connectivity index (χ4v) is 2.77. The fourth-order valence-electron chi connectivity index (χ4n) is 2.77. The van der Waals surface area contributed by atoms with Gasteiger partial charge in [-0.3, -0.25) is 4.98 Å². The quantitative estimate of drug-likeness (QED) is 0.917. The molecule has 1 atom stereocenters. The number of fused-ring (bicyclic) bond motifs is 1. The summed E-state index contributed by atoms with van der Waals surface area (Å²) in [4.78, 5) is 4.44. The molecule has 0 spiro atoms. The van der Waals surface area contributed by atoms with Crippen LogP contribution in [0.4, 0.5) is 0 Å². The molecule has 0 bridgehead atoms. The SMILES string of the molecule is COc1cc2nccc(C3CCNC3)c2cc1OC. The lowest BCUT2D eigenvalue weighted by molar-refractivity contribution is 0.355. The van der Waals surface area contributed by atoms with Crippen molar-refractivity contribution in [2.45, 2.75) is 12.3 Å². The lowest BCUT2D eigenvalue weighted by Crippen LogP contribution is -2.08. The van der Waals surface area contributed by atoms with Crippen LogP contribution in [-0.4, -0.2) is 32.3 Å². The molecule has 1 aliphatic heterocycles. The van der Waals surface area contributed by atoms with Crippen LogP contribution in [0.2, 0.25) is 0 Å². The van der Waals surface area contributed by atoms with Crippen LogP contribution in [0.1, 0.15) is 17.9 Å². The van der Waals surface area contributed by atoms with Crippen LogP contribution in [0.15, 0.2) is 24.4 Å². The highest BCUT2D eigenvalue weighted by atomic mass is 16.5. The first-order chi connectivity index (χ1) is 9.33. The van der Waals surface area contributed by atoms with Gasteiger partial charge in [-0.15, -0.1) is 0 Å². The average Bonchev–Trinajstić information content (AvgIpc) is 2.99. The van der Waals surface area contributed by atoms with E-state index in [1.807, 2.05) is 18.3 Å². The maximum absolute atomic E-state index is 5.39. The number of aromatic nitrogens is 1. The topological polar surface area (TPSA) is 43.4 Å². The van der Waals surface area contributed by atoms with Crippen molar-refractivity contribution in [1.29, 1.82) is 0 Å². The second kappa shape index (κ2) is 5.05. The van der Waals surface area contributed by atoms with E-state index in [2.05, 4.69) is 16.4 Å². The number of nitrogens with one attached hydrogen (secondary N) is 1. The maximum atomic E-state index is 5.39. The Hall–Kier alpha value is -1.81. The lowest BCUT2D eigenvalue weighted by Gasteiger charge is -2.14. The molecule has 2 heterocycles. The molecule has 1 unspecified atom stereocenters. The smallest absolute Gasteiger partial charge is 0.162 e. The molecule has 1 aromatic heterocycles. The molecule has 4 heteroatoms. The molecular weight excluding hydrogens is 240 g/mol. The lowest BCUT2D eigenvalue weighted by atomic mass is 9.95. The van der Waals surface area contributed by atoms with Gasteiger partial charge in [0.1, 0.15) is 0 Å². The third kappa shape index (κ3) is 2.12. The zero-order chi connectivity index (χ0) is 13.2. The van der Waals surface area contributed by atoms with Crippen LogP contribution in [0, 0.1) is 0 Å². The van der Waals surface area contributed by atoms with E-state index in [0.29, 0.717) is 5.92 Å². The van der Waals surface area contributed by atoms with Gasteiger partial charge in [0.2, 0.25) is 0 Å². The molecule has 0 amide bonds. The predicted octanol–water partition coefficient (Wildman–Crippen LogP) is 2.33. The molecule has 0 aliphatic carbocycles. The largest absolute Gasteiger partial charge is 0.493 e. The monoisotopic (exact) mass is 258 g/mol. The summed E-state index contributed by atoms with van der Waals surface area (Å²) in [6, 6.07) is 6.10. The zero-order valence-electron chi connectivity index (χ0n) is 11.3. The van der Waals surface area contributed by atoms with E-state index in [1.165, 1.54) is 12.0 Å². The van der Waals surface area contributed by atoms with Gasteiger partial charge >= 0.3 is 0 Å². The number of hydrogen-bond donors (Lipinski definition) is 1. The molecular formula is C15H18N2O2. The van der Waals surface area contributed by atoms with Crippen LogP contribution in [0.3, 0.4) is 0 Å². The van der Waals surface area contributed by atoms with E-state index in [-0.39, 0.29) is 0 Å². The molecule has 2 aromatic rings. The molecule has 19 heavy (non-hydrogen) atoms. The van der Waals surface area contributed by atoms with Crippen molar-refractivity contribution < 1.29 is 9.47 Å². The van der Waals surface area contributed by atoms with Gasteiger partial charge in [-0.2, -0.15) is 0 Å². The number of benzene rings is 1. The normalized spacial score (nSPS) is 18.7. The Kier molecular flexibility index (Phi) is 3.25. The van der Waals surface area contributed by atoms with Gasteiger partial charge in [-0.25, -0.2) is 0 Å². The second-order valence-electron chi connectivity index (χ2n) is 4.81. The molecule has 1 saturated heterocycles. The van der Waals surface area contributed by atoms with Gasteiger partial charge in [0.05, 0.1) is 19.7 Å². The van der Waals surface area contributed by atoms with Crippen LogP contribution in [-0.2, 0) is 0 Å². The molecule has 4 nitrogen and oxygen atoms in total. The number of methoxy groups -OCH3 is 2. The maximum Gasteiger partial charge on any atom is 0.162 e. The van der Waals surface area contributed by atoms with Gasteiger partial charge in [0.15, 0.2) is 11.5 Å². The summed E-state index contributed by atoms with van der Waals surface area (Å²) in [5.74, 6) is 2.04. The van der Waals surface area contributed by atoms with Crippen molar-refractivity contribution in [3.8, 4) is 11.5 Å². The van der Waals surface area contributed by atoms with Crippen LogP contribution >= 0.6 is 0 Å². The molecule has 100 valence electrons. The summed E-state index contributed by atoms with van der Waals surface area (Å²) < 4.78 is 10.7. The summed E-state index contributed by atoms with van der Waals surface area (Å²) in [6.45, 7) is 2.12. The highest BCUT2D eigenvalue weighted by Gasteiger charge is 2.20. The Balaban J connectivity index is 2.17. The Morgan fingerprint density at radius 3 is 2.68 bits per heavy atom. The third-order valence-electron chi connectivity index (χ3n) is 3.78. The van der Waals surface area contributed by atoms with Crippen molar-refractivity contribution in [1.82, 2.24) is 10.3 Å². The summed E-state index contributed by atoms with van der Waals surface area (Å²) in [7, 11) is 3.31. The van der Waals surface area contributed by atoms with Crippen molar-refractivity contribution in [3.63, 3.8) is 0 Å². The van der Waals surface area contributed by atoms with Gasteiger partial charge < -0.3 is 14.8 Å². The molecule has 1 aliphatic rings. The highest BCUT2D eigenvalue weighted by molar-refractivity contribution is 5.86. The van der Waals surface area contributed by atoms with E-state index >= 15 is 0 Å². The first kappa shape index (κ1) is 12.2. The summed E-state index contributed by atoms with van der Waals surface area (Å²) in [6.07, 6.45) is 3.05. The van der Waals surface area contributed by atoms with Crippen LogP contribution < -0.4 is 14.8 Å². The minimum absolute atomic E-state index is 0.559. The van der Waals surface area contributed by atoms with E-state index < -0.39 is 0 Å². The summed E-state index contributed by atoms with van der Waals surface area (Å²) >= 11 is 0. The van der Waals surface area contributed by atoms with Crippen molar-refractivity contribution in [2.24, 2.45) is 0 Å². The first-order valence-electron chi connectivity index (χ1n) is 6.55. The molecule has 1 fully saturated rings. The summed E-state index contributed by atoms with van der Waals surface area (Å²) in [5.41, 5.74) is 2.30. The molecule has 1 N–H and O–H groups in total. The van der Waals surface area contributed by atoms with E-state index in [0.717, 1.165) is 35.5 Å². The minimum Gasteiger partial charge on any atom is -0.493 e. The fraction of sp³-hybridized carbons (Fsp3) is 0.400. The minimum atomic E-state index is 0.559. The Morgan fingerprint density at radius 2 is 2.00 bits per heavy atom. The van der Waals surface area contributed by atoms with E-state index in [4.69, 9.17) is 9.47 Å².